The molecule has 0 unspecified atom stereocenters. The Labute approximate surface area is 106 Å². The third kappa shape index (κ3) is 5.00. The van der Waals surface area contributed by atoms with Gasteiger partial charge in [-0.05, 0) is 24.8 Å². The summed E-state index contributed by atoms with van der Waals surface area (Å²) in [6.45, 7) is 4.42. The Morgan fingerprint density at radius 3 is 1.94 bits per heavy atom. The predicted octanol–water partition coefficient (Wildman–Crippen LogP) is 3.95. The van der Waals surface area contributed by atoms with Gasteiger partial charge in [-0.25, -0.2) is 0 Å². The van der Waals surface area contributed by atoms with Crippen LogP contribution in [0.5, 0.6) is 0 Å². The molecule has 16 heavy (non-hydrogen) atoms. The smallest absolute Gasteiger partial charge is 0.0194 e. The minimum Gasteiger partial charge on any atom is -0.325 e. The molecular weight excluding hydrogens is 218 g/mol. The van der Waals surface area contributed by atoms with E-state index in [1.807, 2.05) is 0 Å². The van der Waals surface area contributed by atoms with E-state index in [2.05, 4.69) is 44.2 Å². The first-order valence-electron chi connectivity index (χ1n) is 6.03. The van der Waals surface area contributed by atoms with Crippen molar-refractivity contribution in [3.63, 3.8) is 0 Å². The highest BCUT2D eigenvalue weighted by molar-refractivity contribution is 5.85. The first-order chi connectivity index (χ1) is 7.20. The molecule has 0 heterocycles. The van der Waals surface area contributed by atoms with E-state index in [1.165, 1.54) is 18.4 Å². The zero-order valence-corrected chi connectivity index (χ0v) is 11.2. The zero-order valence-electron chi connectivity index (χ0n) is 10.4. The van der Waals surface area contributed by atoms with Crippen molar-refractivity contribution >= 4 is 12.4 Å². The second kappa shape index (κ2) is 7.70. The van der Waals surface area contributed by atoms with Gasteiger partial charge in [0, 0.05) is 5.54 Å². The maximum Gasteiger partial charge on any atom is 0.0194 e. The number of hydrogen-bond acceptors (Lipinski definition) is 1. The van der Waals surface area contributed by atoms with Gasteiger partial charge in [0.15, 0.2) is 0 Å². The molecule has 0 radical (unpaired) electrons. The van der Waals surface area contributed by atoms with E-state index in [9.17, 15) is 0 Å². The minimum atomic E-state index is 0. The van der Waals surface area contributed by atoms with Gasteiger partial charge in [-0.2, -0.15) is 0 Å². The van der Waals surface area contributed by atoms with Gasteiger partial charge >= 0.3 is 0 Å². The molecule has 1 aromatic carbocycles. The van der Waals surface area contributed by atoms with Crippen LogP contribution in [0.3, 0.4) is 0 Å². The molecule has 1 rings (SSSR count). The van der Waals surface area contributed by atoms with Crippen LogP contribution < -0.4 is 5.73 Å². The molecule has 0 saturated carbocycles. The van der Waals surface area contributed by atoms with Crippen LogP contribution in [0.25, 0.3) is 0 Å². The third-order valence-corrected chi connectivity index (χ3v) is 2.89. The Morgan fingerprint density at radius 1 is 1.00 bits per heavy atom. The van der Waals surface area contributed by atoms with Crippen LogP contribution in [0.15, 0.2) is 30.3 Å². The Kier molecular flexibility index (Phi) is 7.44. The molecule has 1 aromatic rings. The fourth-order valence-corrected chi connectivity index (χ4v) is 2.30. The molecular formula is C14H24ClN. The lowest BCUT2D eigenvalue weighted by molar-refractivity contribution is 0.355. The highest BCUT2D eigenvalue weighted by Gasteiger charge is 2.22. The molecule has 2 heteroatoms. The lowest BCUT2D eigenvalue weighted by atomic mass is 9.84. The van der Waals surface area contributed by atoms with Gasteiger partial charge in [0.2, 0.25) is 0 Å². The molecule has 0 aliphatic heterocycles. The Balaban J connectivity index is 0.00000225. The maximum atomic E-state index is 6.45. The maximum absolute atomic E-state index is 6.45. The van der Waals surface area contributed by atoms with Crippen LogP contribution in [-0.4, -0.2) is 5.54 Å². The number of nitrogens with two attached hydrogens (primary N) is 1. The molecule has 0 aliphatic rings. The molecule has 0 amide bonds. The lowest BCUT2D eigenvalue weighted by Gasteiger charge is -2.29. The molecule has 2 N–H and O–H groups in total. The van der Waals surface area contributed by atoms with Crippen LogP contribution in [0.4, 0.5) is 0 Å². The topological polar surface area (TPSA) is 26.0 Å². The van der Waals surface area contributed by atoms with Crippen LogP contribution in [-0.2, 0) is 6.42 Å². The largest absolute Gasteiger partial charge is 0.325 e. The summed E-state index contributed by atoms with van der Waals surface area (Å²) in [5.41, 5.74) is 7.82. The van der Waals surface area contributed by atoms with Crippen molar-refractivity contribution < 1.29 is 0 Å². The molecule has 92 valence electrons. The summed E-state index contributed by atoms with van der Waals surface area (Å²) in [5.74, 6) is 0. The fraction of sp³-hybridized carbons (Fsp3) is 0.571. The summed E-state index contributed by atoms with van der Waals surface area (Å²) in [5, 5.41) is 0. The van der Waals surface area contributed by atoms with Gasteiger partial charge < -0.3 is 5.73 Å². The summed E-state index contributed by atoms with van der Waals surface area (Å²) in [6, 6.07) is 10.6. The van der Waals surface area contributed by atoms with Crippen molar-refractivity contribution in [2.24, 2.45) is 5.73 Å². The summed E-state index contributed by atoms with van der Waals surface area (Å²) < 4.78 is 0. The van der Waals surface area contributed by atoms with Gasteiger partial charge in [-0.15, -0.1) is 12.4 Å². The summed E-state index contributed by atoms with van der Waals surface area (Å²) in [4.78, 5) is 0. The second-order valence-electron chi connectivity index (χ2n) is 4.52. The van der Waals surface area contributed by atoms with Gasteiger partial charge in [0.1, 0.15) is 0 Å². The van der Waals surface area contributed by atoms with Crippen LogP contribution >= 0.6 is 12.4 Å². The van der Waals surface area contributed by atoms with Crippen LogP contribution in [0, 0.1) is 0 Å². The molecule has 0 bridgehead atoms. The predicted molar refractivity (Wildman–Crippen MR) is 74.1 cm³/mol. The Morgan fingerprint density at radius 2 is 1.50 bits per heavy atom. The number of rotatable bonds is 6. The summed E-state index contributed by atoms with van der Waals surface area (Å²) in [6.07, 6.45) is 5.59. The van der Waals surface area contributed by atoms with Crippen molar-refractivity contribution in [2.45, 2.75) is 51.5 Å². The monoisotopic (exact) mass is 241 g/mol. The molecule has 0 spiro atoms. The normalized spacial score (nSPS) is 10.9. The summed E-state index contributed by atoms with van der Waals surface area (Å²) in [7, 11) is 0. The third-order valence-electron chi connectivity index (χ3n) is 2.89. The van der Waals surface area contributed by atoms with Crippen molar-refractivity contribution in [3.05, 3.63) is 35.9 Å². The van der Waals surface area contributed by atoms with E-state index in [1.54, 1.807) is 0 Å². The van der Waals surface area contributed by atoms with Crippen molar-refractivity contribution in [3.8, 4) is 0 Å². The van der Waals surface area contributed by atoms with E-state index < -0.39 is 0 Å². The molecule has 0 fully saturated rings. The minimum absolute atomic E-state index is 0. The summed E-state index contributed by atoms with van der Waals surface area (Å²) >= 11 is 0. The average molecular weight is 242 g/mol. The fourth-order valence-electron chi connectivity index (χ4n) is 2.30. The van der Waals surface area contributed by atoms with Gasteiger partial charge in [0.05, 0.1) is 0 Å². The number of hydrogen-bond donors (Lipinski definition) is 1. The van der Waals surface area contributed by atoms with Crippen molar-refractivity contribution in [1.82, 2.24) is 0 Å². The van der Waals surface area contributed by atoms with E-state index in [0.717, 1.165) is 19.3 Å². The molecule has 0 atom stereocenters. The highest BCUT2D eigenvalue weighted by atomic mass is 35.5. The molecule has 0 aromatic heterocycles. The van der Waals surface area contributed by atoms with Gasteiger partial charge in [-0.1, -0.05) is 57.0 Å². The lowest BCUT2D eigenvalue weighted by Crippen LogP contribution is -2.41. The second-order valence-corrected chi connectivity index (χ2v) is 4.52. The van der Waals surface area contributed by atoms with Gasteiger partial charge in [0.25, 0.3) is 0 Å². The quantitative estimate of drug-likeness (QED) is 0.802. The Bertz CT molecular complexity index is 265. The Hall–Kier alpha value is -0.530. The molecule has 0 saturated heterocycles. The molecule has 0 aliphatic carbocycles. The van der Waals surface area contributed by atoms with Crippen LogP contribution in [0.1, 0.15) is 45.1 Å². The first kappa shape index (κ1) is 15.5. The van der Waals surface area contributed by atoms with Crippen molar-refractivity contribution in [1.29, 1.82) is 0 Å². The molecule has 1 nitrogen and oxygen atoms in total. The van der Waals surface area contributed by atoms with E-state index in [0.29, 0.717) is 0 Å². The average Bonchev–Trinajstić information content (AvgIpc) is 2.19. The van der Waals surface area contributed by atoms with Gasteiger partial charge in [-0.3, -0.25) is 0 Å². The zero-order chi connectivity index (χ0) is 11.1. The number of halogens is 1. The van der Waals surface area contributed by atoms with E-state index in [-0.39, 0.29) is 17.9 Å². The van der Waals surface area contributed by atoms with Crippen LogP contribution in [0.2, 0.25) is 0 Å². The standard InChI is InChI=1S/C14H23N.ClH/c1-3-10-14(15,11-4-2)12-13-8-6-5-7-9-13;/h5-9H,3-4,10-12,15H2,1-2H3;1H. The number of benzene rings is 1. The van der Waals surface area contributed by atoms with E-state index >= 15 is 0 Å². The van der Waals surface area contributed by atoms with E-state index in [4.69, 9.17) is 5.73 Å². The van der Waals surface area contributed by atoms with Crippen molar-refractivity contribution in [2.75, 3.05) is 0 Å². The first-order valence-corrected chi connectivity index (χ1v) is 6.03. The SMILES string of the molecule is CCCC(N)(CCC)Cc1ccccc1.Cl. The highest BCUT2D eigenvalue weighted by Crippen LogP contribution is 2.21.